The van der Waals surface area contributed by atoms with Crippen LogP contribution in [0.2, 0.25) is 0 Å². The lowest BCUT2D eigenvalue weighted by Gasteiger charge is -2.27. The summed E-state index contributed by atoms with van der Waals surface area (Å²) in [5.74, 6) is -0.0512. The first kappa shape index (κ1) is 13.1. The molecule has 2 atom stereocenters. The van der Waals surface area contributed by atoms with Crippen LogP contribution in [-0.4, -0.2) is 17.1 Å². The fourth-order valence-corrected chi connectivity index (χ4v) is 2.70. The Morgan fingerprint density at radius 2 is 2.28 bits per heavy atom. The highest BCUT2D eigenvalue weighted by Gasteiger charge is 2.18. The van der Waals surface area contributed by atoms with Crippen molar-refractivity contribution >= 4 is 5.97 Å². The van der Waals surface area contributed by atoms with Gasteiger partial charge in [0, 0.05) is 12.6 Å². The molecule has 0 aromatic heterocycles. The van der Waals surface area contributed by atoms with Crippen LogP contribution in [0.3, 0.4) is 0 Å². The average Bonchev–Trinajstić information content (AvgIpc) is 2.37. The molecule has 0 aliphatic heterocycles. The van der Waals surface area contributed by atoms with Crippen LogP contribution in [0.4, 0.5) is 0 Å². The smallest absolute Gasteiger partial charge is 0.335 e. The number of benzene rings is 1. The highest BCUT2D eigenvalue weighted by atomic mass is 16.4. The van der Waals surface area contributed by atoms with Crippen LogP contribution in [0.15, 0.2) is 24.3 Å². The van der Waals surface area contributed by atoms with Crippen LogP contribution in [0, 0.1) is 5.92 Å². The average molecular weight is 247 g/mol. The van der Waals surface area contributed by atoms with E-state index in [0.717, 1.165) is 18.0 Å². The molecule has 1 fully saturated rings. The predicted molar refractivity (Wildman–Crippen MR) is 71.7 cm³/mol. The van der Waals surface area contributed by atoms with E-state index in [2.05, 4.69) is 12.2 Å². The minimum absolute atomic E-state index is 0.367. The number of hydrogen-bond acceptors (Lipinski definition) is 2. The maximum Gasteiger partial charge on any atom is 0.335 e. The van der Waals surface area contributed by atoms with E-state index in [1.165, 1.54) is 25.7 Å². The number of hydrogen-bond donors (Lipinski definition) is 2. The summed E-state index contributed by atoms with van der Waals surface area (Å²) in [6.45, 7) is 3.07. The van der Waals surface area contributed by atoms with Gasteiger partial charge in [-0.3, -0.25) is 0 Å². The summed E-state index contributed by atoms with van der Waals surface area (Å²) in [6.07, 6.45) is 5.11. The summed E-state index contributed by atoms with van der Waals surface area (Å²) in [4.78, 5) is 10.9. The molecule has 2 rings (SSSR count). The van der Waals surface area contributed by atoms with E-state index in [9.17, 15) is 4.79 Å². The summed E-state index contributed by atoms with van der Waals surface area (Å²) in [5.41, 5.74) is 1.42. The van der Waals surface area contributed by atoms with Gasteiger partial charge in [0.25, 0.3) is 0 Å². The third-order valence-corrected chi connectivity index (χ3v) is 3.71. The molecular formula is C15H21NO2. The second kappa shape index (κ2) is 6.01. The third-order valence-electron chi connectivity index (χ3n) is 3.71. The first-order valence-electron chi connectivity index (χ1n) is 6.71. The Kier molecular flexibility index (Phi) is 4.37. The van der Waals surface area contributed by atoms with Crippen molar-refractivity contribution in [1.29, 1.82) is 0 Å². The van der Waals surface area contributed by atoms with Crippen molar-refractivity contribution < 1.29 is 9.90 Å². The molecule has 1 aliphatic carbocycles. The van der Waals surface area contributed by atoms with Crippen molar-refractivity contribution in [3.05, 3.63) is 35.4 Å². The maximum atomic E-state index is 10.9. The summed E-state index contributed by atoms with van der Waals surface area (Å²) in [5, 5.41) is 12.5. The Hall–Kier alpha value is -1.35. The number of aromatic carboxylic acids is 1. The van der Waals surface area contributed by atoms with Crippen LogP contribution in [-0.2, 0) is 6.54 Å². The molecule has 0 saturated heterocycles. The SMILES string of the molecule is CC1CCCC(NCc2cccc(C(=O)O)c2)C1. The molecule has 1 aromatic carbocycles. The molecule has 0 heterocycles. The number of rotatable bonds is 4. The molecule has 0 spiro atoms. The van der Waals surface area contributed by atoms with E-state index in [1.54, 1.807) is 12.1 Å². The van der Waals surface area contributed by atoms with E-state index in [1.807, 2.05) is 12.1 Å². The van der Waals surface area contributed by atoms with Crippen LogP contribution in [0.25, 0.3) is 0 Å². The van der Waals surface area contributed by atoms with Crippen molar-refractivity contribution in [2.75, 3.05) is 0 Å². The molecule has 3 heteroatoms. The number of carboxylic acid groups (broad SMARTS) is 1. The highest BCUT2D eigenvalue weighted by Crippen LogP contribution is 2.23. The van der Waals surface area contributed by atoms with E-state index in [-0.39, 0.29) is 0 Å². The molecule has 2 unspecified atom stereocenters. The van der Waals surface area contributed by atoms with Gasteiger partial charge in [-0.1, -0.05) is 31.9 Å². The zero-order valence-corrected chi connectivity index (χ0v) is 10.9. The van der Waals surface area contributed by atoms with Gasteiger partial charge < -0.3 is 10.4 Å². The second-order valence-corrected chi connectivity index (χ2v) is 5.36. The lowest BCUT2D eigenvalue weighted by molar-refractivity contribution is 0.0696. The quantitative estimate of drug-likeness (QED) is 0.859. The Balaban J connectivity index is 1.89. The van der Waals surface area contributed by atoms with Crippen molar-refractivity contribution in [2.45, 2.75) is 45.2 Å². The standard InChI is InChI=1S/C15H21NO2/c1-11-4-2-7-14(8-11)16-10-12-5-3-6-13(9-12)15(17)18/h3,5-6,9,11,14,16H,2,4,7-8,10H2,1H3,(H,17,18). The maximum absolute atomic E-state index is 10.9. The van der Waals surface area contributed by atoms with Crippen molar-refractivity contribution in [3.8, 4) is 0 Å². The van der Waals surface area contributed by atoms with E-state index < -0.39 is 5.97 Å². The topological polar surface area (TPSA) is 49.3 Å². The van der Waals surface area contributed by atoms with Gasteiger partial charge in [0.2, 0.25) is 0 Å². The Labute approximate surface area is 108 Å². The van der Waals surface area contributed by atoms with E-state index in [0.29, 0.717) is 11.6 Å². The Morgan fingerprint density at radius 3 is 3.00 bits per heavy atom. The monoisotopic (exact) mass is 247 g/mol. The van der Waals surface area contributed by atoms with Crippen molar-refractivity contribution in [3.63, 3.8) is 0 Å². The van der Waals surface area contributed by atoms with Gasteiger partial charge in [0.05, 0.1) is 5.56 Å². The molecular weight excluding hydrogens is 226 g/mol. The summed E-state index contributed by atoms with van der Waals surface area (Å²) in [7, 11) is 0. The van der Waals surface area contributed by atoms with Gasteiger partial charge >= 0.3 is 5.97 Å². The molecule has 18 heavy (non-hydrogen) atoms. The molecule has 1 aromatic rings. The first-order valence-corrected chi connectivity index (χ1v) is 6.71. The second-order valence-electron chi connectivity index (χ2n) is 5.36. The van der Waals surface area contributed by atoms with Crippen LogP contribution in [0.1, 0.15) is 48.5 Å². The summed E-state index contributed by atoms with van der Waals surface area (Å²) in [6, 6.07) is 7.76. The van der Waals surface area contributed by atoms with Gasteiger partial charge in [-0.05, 0) is 36.5 Å². The molecule has 0 amide bonds. The third kappa shape index (κ3) is 3.57. The van der Waals surface area contributed by atoms with Gasteiger partial charge in [0.15, 0.2) is 0 Å². The number of nitrogens with one attached hydrogen (secondary N) is 1. The molecule has 0 radical (unpaired) electrons. The van der Waals surface area contributed by atoms with Crippen LogP contribution >= 0.6 is 0 Å². The number of carboxylic acids is 1. The van der Waals surface area contributed by atoms with Crippen molar-refractivity contribution in [1.82, 2.24) is 5.32 Å². The lowest BCUT2D eigenvalue weighted by atomic mass is 9.87. The molecule has 1 saturated carbocycles. The fraction of sp³-hybridized carbons (Fsp3) is 0.533. The largest absolute Gasteiger partial charge is 0.478 e. The van der Waals surface area contributed by atoms with Crippen LogP contribution < -0.4 is 5.32 Å². The summed E-state index contributed by atoms with van der Waals surface area (Å²) >= 11 is 0. The zero-order chi connectivity index (χ0) is 13.0. The molecule has 1 aliphatic rings. The molecule has 3 nitrogen and oxygen atoms in total. The molecule has 0 bridgehead atoms. The normalized spacial score (nSPS) is 23.8. The predicted octanol–water partition coefficient (Wildman–Crippen LogP) is 3.05. The first-order chi connectivity index (χ1) is 8.65. The van der Waals surface area contributed by atoms with Gasteiger partial charge in [-0.15, -0.1) is 0 Å². The molecule has 98 valence electrons. The minimum atomic E-state index is -0.858. The lowest BCUT2D eigenvalue weighted by Crippen LogP contribution is -2.33. The molecule has 2 N–H and O–H groups in total. The minimum Gasteiger partial charge on any atom is -0.478 e. The van der Waals surface area contributed by atoms with Crippen molar-refractivity contribution in [2.24, 2.45) is 5.92 Å². The zero-order valence-electron chi connectivity index (χ0n) is 10.9. The van der Waals surface area contributed by atoms with Gasteiger partial charge in [0.1, 0.15) is 0 Å². The summed E-state index contributed by atoms with van der Waals surface area (Å²) < 4.78 is 0. The Morgan fingerprint density at radius 1 is 1.44 bits per heavy atom. The number of carbonyl (C=O) groups is 1. The van der Waals surface area contributed by atoms with Gasteiger partial charge in [-0.2, -0.15) is 0 Å². The highest BCUT2D eigenvalue weighted by molar-refractivity contribution is 5.87. The van der Waals surface area contributed by atoms with E-state index >= 15 is 0 Å². The Bertz CT molecular complexity index is 417. The van der Waals surface area contributed by atoms with E-state index in [4.69, 9.17) is 5.11 Å². The van der Waals surface area contributed by atoms with Crippen LogP contribution in [0.5, 0.6) is 0 Å². The van der Waals surface area contributed by atoms with Gasteiger partial charge in [-0.25, -0.2) is 4.79 Å². The fourth-order valence-electron chi connectivity index (χ4n) is 2.70.